The van der Waals surface area contributed by atoms with Crippen molar-refractivity contribution in [1.29, 1.82) is 0 Å². The van der Waals surface area contributed by atoms with Crippen LogP contribution < -0.4 is 5.32 Å². The summed E-state index contributed by atoms with van der Waals surface area (Å²) in [4.78, 5) is 6.74. The third-order valence-electron chi connectivity index (χ3n) is 4.31. The Kier molecular flexibility index (Phi) is 5.19. The Balaban J connectivity index is 1.67. The fourth-order valence-corrected chi connectivity index (χ4v) is 3.54. The van der Waals surface area contributed by atoms with Gasteiger partial charge in [0, 0.05) is 11.4 Å². The summed E-state index contributed by atoms with van der Waals surface area (Å²) in [5.74, 6) is 0.335. The molecular formula is C17H19ClFN3S. The monoisotopic (exact) mass is 351 g/mol. The standard InChI is InChI=1S/C17H19ClFN3S/c1-11-4-3-7-22(12(11)2)9-14-10-23-17(20-14)21-16-8-13(19)5-6-15(16)18/h5-6,8,10-12H,3-4,7H2,1-2H3,(H,20,21). The Bertz CT molecular complexity index is 676. The molecule has 1 aromatic carbocycles. The number of hydrogen-bond acceptors (Lipinski definition) is 4. The average molecular weight is 352 g/mol. The van der Waals surface area contributed by atoms with E-state index in [1.54, 1.807) is 0 Å². The molecule has 23 heavy (non-hydrogen) atoms. The molecular weight excluding hydrogens is 333 g/mol. The lowest BCUT2D eigenvalue weighted by Gasteiger charge is -2.36. The molecule has 2 heterocycles. The van der Waals surface area contributed by atoms with Gasteiger partial charge in [0.25, 0.3) is 0 Å². The number of anilines is 2. The highest BCUT2D eigenvalue weighted by Crippen LogP contribution is 2.30. The summed E-state index contributed by atoms with van der Waals surface area (Å²) in [6, 6.07) is 4.70. The number of hydrogen-bond donors (Lipinski definition) is 1. The fourth-order valence-electron chi connectivity index (χ4n) is 2.73. The van der Waals surface area contributed by atoms with Crippen LogP contribution in [-0.4, -0.2) is 22.5 Å². The first-order valence-corrected chi connectivity index (χ1v) is 8.99. The van der Waals surface area contributed by atoms with E-state index in [1.807, 2.05) is 5.38 Å². The minimum absolute atomic E-state index is 0.331. The van der Waals surface area contributed by atoms with E-state index in [-0.39, 0.29) is 5.82 Å². The molecule has 0 spiro atoms. The fraction of sp³-hybridized carbons (Fsp3) is 0.412. The van der Waals surface area contributed by atoms with Crippen molar-refractivity contribution >= 4 is 33.8 Å². The number of thiazole rings is 1. The van der Waals surface area contributed by atoms with Crippen LogP contribution in [0.1, 0.15) is 32.4 Å². The molecule has 1 fully saturated rings. The zero-order valence-corrected chi connectivity index (χ0v) is 14.7. The van der Waals surface area contributed by atoms with Gasteiger partial charge in [0.05, 0.1) is 16.4 Å². The molecule has 1 saturated heterocycles. The van der Waals surface area contributed by atoms with Gasteiger partial charge < -0.3 is 5.32 Å². The second-order valence-corrected chi connectivity index (χ2v) is 7.22. The SMILES string of the molecule is CC1CCCN([C]c2csc(Nc3cc(F)ccc3Cl)n2)C1C. The molecule has 1 aliphatic heterocycles. The summed E-state index contributed by atoms with van der Waals surface area (Å²) in [5.41, 5.74) is 1.32. The quantitative estimate of drug-likeness (QED) is 0.821. The Morgan fingerprint density at radius 2 is 2.26 bits per heavy atom. The first kappa shape index (κ1) is 16.7. The average Bonchev–Trinajstić information content (AvgIpc) is 2.95. The molecule has 0 amide bonds. The molecule has 1 aromatic heterocycles. The molecule has 1 aliphatic rings. The highest BCUT2D eigenvalue weighted by atomic mass is 35.5. The number of aromatic nitrogens is 1. The normalized spacial score (nSPS) is 22.3. The topological polar surface area (TPSA) is 28.2 Å². The smallest absolute Gasteiger partial charge is 0.187 e. The Hall–Kier alpha value is -1.17. The lowest BCUT2D eigenvalue weighted by atomic mass is 9.92. The molecule has 2 aromatic rings. The molecule has 6 heteroatoms. The van der Waals surface area contributed by atoms with E-state index in [4.69, 9.17) is 11.6 Å². The number of benzene rings is 1. The molecule has 122 valence electrons. The molecule has 0 saturated carbocycles. The van der Waals surface area contributed by atoms with Crippen LogP contribution in [0.2, 0.25) is 5.02 Å². The highest BCUT2D eigenvalue weighted by Gasteiger charge is 2.25. The summed E-state index contributed by atoms with van der Waals surface area (Å²) in [5, 5.41) is 6.16. The van der Waals surface area contributed by atoms with E-state index < -0.39 is 0 Å². The van der Waals surface area contributed by atoms with Crippen LogP contribution in [0.3, 0.4) is 0 Å². The van der Waals surface area contributed by atoms with Crippen LogP contribution in [-0.2, 0) is 0 Å². The van der Waals surface area contributed by atoms with Crippen LogP contribution >= 0.6 is 22.9 Å². The maximum atomic E-state index is 13.3. The number of nitrogens with one attached hydrogen (secondary N) is 1. The lowest BCUT2D eigenvalue weighted by Crippen LogP contribution is -2.40. The van der Waals surface area contributed by atoms with E-state index >= 15 is 0 Å². The summed E-state index contributed by atoms with van der Waals surface area (Å²) in [6.45, 7) is 8.90. The maximum absolute atomic E-state index is 13.3. The Morgan fingerprint density at radius 3 is 3.09 bits per heavy atom. The van der Waals surface area contributed by atoms with Crippen molar-refractivity contribution in [2.24, 2.45) is 5.92 Å². The predicted octanol–water partition coefficient (Wildman–Crippen LogP) is 5.19. The zero-order chi connectivity index (χ0) is 16.4. The van der Waals surface area contributed by atoms with Crippen molar-refractivity contribution in [3.8, 4) is 0 Å². The van der Waals surface area contributed by atoms with Crippen LogP contribution in [0.25, 0.3) is 0 Å². The molecule has 1 N–H and O–H groups in total. The molecule has 3 rings (SSSR count). The number of halogens is 2. The molecule has 2 atom stereocenters. The van der Waals surface area contributed by atoms with Gasteiger partial charge in [-0.25, -0.2) is 9.37 Å². The van der Waals surface area contributed by atoms with E-state index in [9.17, 15) is 4.39 Å². The minimum Gasteiger partial charge on any atom is -0.330 e. The lowest BCUT2D eigenvalue weighted by molar-refractivity contribution is 0.151. The van der Waals surface area contributed by atoms with Gasteiger partial charge in [0.1, 0.15) is 12.4 Å². The van der Waals surface area contributed by atoms with Gasteiger partial charge in [-0.05, 0) is 50.4 Å². The molecule has 3 nitrogen and oxygen atoms in total. The van der Waals surface area contributed by atoms with Crippen LogP contribution in [0.15, 0.2) is 23.6 Å². The number of rotatable bonds is 4. The summed E-state index contributed by atoms with van der Waals surface area (Å²) in [7, 11) is 0. The van der Waals surface area contributed by atoms with Crippen LogP contribution in [0.4, 0.5) is 15.2 Å². The van der Waals surface area contributed by atoms with Crippen molar-refractivity contribution < 1.29 is 4.39 Å². The van der Waals surface area contributed by atoms with Gasteiger partial charge in [-0.15, -0.1) is 11.3 Å². The van der Waals surface area contributed by atoms with Gasteiger partial charge in [-0.3, -0.25) is 4.90 Å². The van der Waals surface area contributed by atoms with E-state index in [0.29, 0.717) is 27.8 Å². The third-order valence-corrected chi connectivity index (χ3v) is 5.39. The van der Waals surface area contributed by atoms with Crippen molar-refractivity contribution in [2.75, 3.05) is 11.9 Å². The summed E-state index contributed by atoms with van der Waals surface area (Å²) < 4.78 is 13.3. The zero-order valence-electron chi connectivity index (χ0n) is 13.1. The Labute approximate surface area is 145 Å². The maximum Gasteiger partial charge on any atom is 0.187 e. The van der Waals surface area contributed by atoms with Gasteiger partial charge in [0.15, 0.2) is 5.13 Å². The predicted molar refractivity (Wildman–Crippen MR) is 93.7 cm³/mol. The van der Waals surface area contributed by atoms with Crippen molar-refractivity contribution in [1.82, 2.24) is 9.88 Å². The summed E-state index contributed by atoms with van der Waals surface area (Å²) >= 11 is 7.52. The van der Waals surface area contributed by atoms with Gasteiger partial charge >= 0.3 is 0 Å². The van der Waals surface area contributed by atoms with Gasteiger partial charge in [0.2, 0.25) is 0 Å². The van der Waals surface area contributed by atoms with Crippen molar-refractivity contribution in [3.63, 3.8) is 0 Å². The summed E-state index contributed by atoms with van der Waals surface area (Å²) in [6.07, 6.45) is 2.45. The van der Waals surface area contributed by atoms with Crippen molar-refractivity contribution in [3.05, 3.63) is 46.7 Å². The molecule has 2 radical (unpaired) electrons. The number of piperidine rings is 1. The van der Waals surface area contributed by atoms with E-state index in [2.05, 4.69) is 35.6 Å². The van der Waals surface area contributed by atoms with Crippen LogP contribution in [0.5, 0.6) is 0 Å². The van der Waals surface area contributed by atoms with Gasteiger partial charge in [-0.1, -0.05) is 18.5 Å². The first-order chi connectivity index (χ1) is 11.0. The number of likely N-dealkylation sites (tertiary alicyclic amines) is 1. The molecule has 0 aliphatic carbocycles. The first-order valence-electron chi connectivity index (χ1n) is 7.74. The van der Waals surface area contributed by atoms with Gasteiger partial charge in [-0.2, -0.15) is 0 Å². The van der Waals surface area contributed by atoms with Crippen molar-refractivity contribution in [2.45, 2.75) is 32.7 Å². The second-order valence-electron chi connectivity index (χ2n) is 5.95. The highest BCUT2D eigenvalue weighted by molar-refractivity contribution is 7.13. The molecule has 2 unspecified atom stereocenters. The molecule has 0 bridgehead atoms. The van der Waals surface area contributed by atoms with E-state index in [0.717, 1.165) is 12.2 Å². The van der Waals surface area contributed by atoms with Crippen LogP contribution in [0, 0.1) is 18.3 Å². The second kappa shape index (κ2) is 7.16. The van der Waals surface area contributed by atoms with E-state index in [1.165, 1.54) is 42.4 Å². The third kappa shape index (κ3) is 4.03. The largest absolute Gasteiger partial charge is 0.330 e. The minimum atomic E-state index is -0.331. The number of nitrogens with zero attached hydrogens (tertiary/aromatic N) is 2. The Morgan fingerprint density at radius 1 is 1.43 bits per heavy atom.